The number of para-hydroxylation sites is 2. The Morgan fingerprint density at radius 2 is 0.935 bits per heavy atom. The van der Waals surface area contributed by atoms with Crippen molar-refractivity contribution in [3.8, 4) is 22.3 Å². The molecule has 0 saturated carbocycles. The van der Waals surface area contributed by atoms with Crippen LogP contribution in [0.1, 0.15) is 0 Å². The first-order valence-electron chi connectivity index (χ1n) is 21.2. The minimum Gasteiger partial charge on any atom is -0.456 e. The Bertz CT molecular complexity index is 3680. The Labute approximate surface area is 359 Å². The maximum Gasteiger partial charge on any atom is 0.181 e. The van der Waals surface area contributed by atoms with Crippen LogP contribution in [-0.4, -0.2) is 8.07 Å². The third-order valence-corrected chi connectivity index (χ3v) is 18.0. The summed E-state index contributed by atoms with van der Waals surface area (Å²) in [6.45, 7) is 0. The zero-order valence-electron chi connectivity index (χ0n) is 33.6. The maximum absolute atomic E-state index is 6.88. The molecule has 0 radical (unpaired) electrons. The lowest BCUT2D eigenvalue weighted by Crippen LogP contribution is -2.72. The van der Waals surface area contributed by atoms with Gasteiger partial charge in [0.1, 0.15) is 22.3 Å². The van der Waals surface area contributed by atoms with Gasteiger partial charge in [0.05, 0.1) is 0 Å². The number of rotatable bonds is 6. The van der Waals surface area contributed by atoms with Gasteiger partial charge in [0.15, 0.2) is 8.07 Å². The second-order valence-electron chi connectivity index (χ2n) is 16.4. The van der Waals surface area contributed by atoms with E-state index in [0.29, 0.717) is 0 Å². The molecule has 3 heterocycles. The molecule has 1 aliphatic rings. The molecule has 0 aliphatic carbocycles. The molecule has 0 spiro atoms. The van der Waals surface area contributed by atoms with E-state index in [1.54, 1.807) is 0 Å². The molecule has 0 atom stereocenters. The summed E-state index contributed by atoms with van der Waals surface area (Å²) in [5, 5.41) is 12.3. The van der Waals surface area contributed by atoms with Crippen molar-refractivity contribution in [3.05, 3.63) is 224 Å². The number of hydrogen-bond acceptors (Lipinski definition) is 3. The number of benzene rings is 10. The van der Waals surface area contributed by atoms with E-state index in [1.807, 2.05) is 12.1 Å². The normalized spacial score (nSPS) is 13.0. The molecule has 13 rings (SSSR count). The topological polar surface area (TPSA) is 29.5 Å². The van der Waals surface area contributed by atoms with Gasteiger partial charge in [0.2, 0.25) is 0 Å². The fourth-order valence-corrected chi connectivity index (χ4v) is 15.6. The van der Waals surface area contributed by atoms with E-state index >= 15 is 0 Å². The zero-order valence-corrected chi connectivity index (χ0v) is 34.6. The van der Waals surface area contributed by atoms with Crippen molar-refractivity contribution in [2.45, 2.75) is 0 Å². The summed E-state index contributed by atoms with van der Waals surface area (Å²) in [6.07, 6.45) is 0. The Kier molecular flexibility index (Phi) is 7.62. The van der Waals surface area contributed by atoms with Crippen molar-refractivity contribution in [2.75, 3.05) is 4.90 Å². The van der Waals surface area contributed by atoms with E-state index in [-0.39, 0.29) is 0 Å². The lowest BCUT2D eigenvalue weighted by Gasteiger charge is -2.32. The first-order chi connectivity index (χ1) is 30.7. The van der Waals surface area contributed by atoms with Gasteiger partial charge in [-0.05, 0) is 103 Å². The Balaban J connectivity index is 1.09. The van der Waals surface area contributed by atoms with Crippen LogP contribution in [0.25, 0.3) is 76.9 Å². The van der Waals surface area contributed by atoms with Crippen molar-refractivity contribution in [1.82, 2.24) is 0 Å². The van der Waals surface area contributed by atoms with Crippen LogP contribution in [0.2, 0.25) is 0 Å². The average Bonchev–Trinajstić information content (AvgIpc) is 4.00. The predicted octanol–water partition coefficient (Wildman–Crippen LogP) is 13.1. The first-order valence-corrected chi connectivity index (χ1v) is 23.2. The molecule has 2 aromatic heterocycles. The van der Waals surface area contributed by atoms with Gasteiger partial charge in [-0.15, -0.1) is 0 Å². The molecular weight excluding hydrogens is 771 g/mol. The molecule has 4 heteroatoms. The fourth-order valence-electron chi connectivity index (χ4n) is 10.4. The van der Waals surface area contributed by atoms with E-state index in [1.165, 1.54) is 48.2 Å². The summed E-state index contributed by atoms with van der Waals surface area (Å²) in [5.41, 5.74) is 11.5. The van der Waals surface area contributed by atoms with Crippen LogP contribution in [0, 0.1) is 0 Å². The molecule has 0 fully saturated rings. The van der Waals surface area contributed by atoms with Crippen molar-refractivity contribution in [3.63, 3.8) is 0 Å². The summed E-state index contributed by atoms with van der Waals surface area (Å²) in [7, 11) is -2.93. The quantitative estimate of drug-likeness (QED) is 0.157. The summed E-state index contributed by atoms with van der Waals surface area (Å²) >= 11 is 0. The molecule has 0 saturated heterocycles. The summed E-state index contributed by atoms with van der Waals surface area (Å²) in [5.74, 6) is 0. The number of anilines is 3. The standard InChI is InChI=1S/C58H37NO2Si/c1-3-18-45(19-4-1)62(46-20-5-2-6-21-46)55-33-32-50-48-23-10-12-25-53(48)61-58(50)57(55)51-31-29-44(37-56(51)62)59(43-28-30-49-47-22-9-11-24-52(47)60-54(49)36-43)42-17-13-16-40(35-42)41-27-26-38-14-7-8-15-39(38)34-41/h1-37H. The number of nitrogens with zero attached hydrogens (tertiary/aromatic N) is 1. The van der Waals surface area contributed by atoms with Gasteiger partial charge in [0, 0.05) is 50.2 Å². The van der Waals surface area contributed by atoms with Crippen LogP contribution in [0.4, 0.5) is 17.1 Å². The molecule has 12 aromatic rings. The third-order valence-electron chi connectivity index (χ3n) is 13.1. The smallest absolute Gasteiger partial charge is 0.181 e. The molecule has 1 aliphatic heterocycles. The lowest BCUT2D eigenvalue weighted by atomic mass is 10.00. The van der Waals surface area contributed by atoms with E-state index in [4.69, 9.17) is 8.83 Å². The van der Waals surface area contributed by atoms with Crippen LogP contribution < -0.4 is 25.6 Å². The average molecular weight is 808 g/mol. The predicted molar refractivity (Wildman–Crippen MR) is 261 cm³/mol. The lowest BCUT2D eigenvalue weighted by molar-refractivity contribution is 0.669. The van der Waals surface area contributed by atoms with Gasteiger partial charge in [0.25, 0.3) is 0 Å². The summed E-state index contributed by atoms with van der Waals surface area (Å²) in [6, 6.07) is 81.9. The van der Waals surface area contributed by atoms with Gasteiger partial charge in [-0.3, -0.25) is 0 Å². The van der Waals surface area contributed by atoms with Gasteiger partial charge >= 0.3 is 0 Å². The number of fused-ring (bicyclic) bond motifs is 11. The van der Waals surface area contributed by atoms with Crippen molar-refractivity contribution in [2.24, 2.45) is 0 Å². The maximum atomic E-state index is 6.88. The van der Waals surface area contributed by atoms with Crippen LogP contribution >= 0.6 is 0 Å². The highest BCUT2D eigenvalue weighted by atomic mass is 28.3. The molecule has 0 unspecified atom stereocenters. The van der Waals surface area contributed by atoms with Crippen molar-refractivity contribution >= 4 is 101 Å². The van der Waals surface area contributed by atoms with Crippen LogP contribution in [0.3, 0.4) is 0 Å². The Morgan fingerprint density at radius 1 is 0.339 bits per heavy atom. The molecule has 10 aromatic carbocycles. The minimum absolute atomic E-state index is 0.859. The van der Waals surface area contributed by atoms with Gasteiger partial charge in [-0.25, -0.2) is 0 Å². The second-order valence-corrected chi connectivity index (χ2v) is 20.1. The van der Waals surface area contributed by atoms with Crippen LogP contribution in [-0.2, 0) is 0 Å². The zero-order chi connectivity index (χ0) is 40.8. The molecule has 0 bridgehead atoms. The monoisotopic (exact) mass is 807 g/mol. The fraction of sp³-hybridized carbons (Fsp3) is 0. The minimum atomic E-state index is -2.93. The SMILES string of the molecule is c1ccc([Si]2(c3ccccc3)c3cc(N(c4cccc(-c5ccc6ccccc6c5)c4)c4ccc5c(c4)oc4ccccc45)ccc3-c3c2ccc2c3oc3ccccc32)cc1. The van der Waals surface area contributed by atoms with Gasteiger partial charge in [-0.2, -0.15) is 0 Å². The van der Waals surface area contributed by atoms with Crippen molar-refractivity contribution < 1.29 is 8.83 Å². The molecule has 62 heavy (non-hydrogen) atoms. The number of hydrogen-bond donors (Lipinski definition) is 0. The molecule has 290 valence electrons. The van der Waals surface area contributed by atoms with Crippen LogP contribution in [0.15, 0.2) is 233 Å². The largest absolute Gasteiger partial charge is 0.456 e. The highest BCUT2D eigenvalue weighted by molar-refractivity contribution is 7.22. The van der Waals surface area contributed by atoms with Crippen molar-refractivity contribution in [1.29, 1.82) is 0 Å². The molecular formula is C58H37NO2Si. The molecule has 0 amide bonds. The van der Waals surface area contributed by atoms with Gasteiger partial charge < -0.3 is 13.7 Å². The summed E-state index contributed by atoms with van der Waals surface area (Å²) in [4.78, 5) is 2.41. The third kappa shape index (κ3) is 5.11. The molecule has 0 N–H and O–H groups in total. The van der Waals surface area contributed by atoms with E-state index in [9.17, 15) is 0 Å². The molecule has 3 nitrogen and oxygen atoms in total. The van der Waals surface area contributed by atoms with E-state index < -0.39 is 8.07 Å². The van der Waals surface area contributed by atoms with E-state index in [0.717, 1.165) is 66.5 Å². The van der Waals surface area contributed by atoms with E-state index in [2.05, 4.69) is 217 Å². The van der Waals surface area contributed by atoms with Crippen LogP contribution in [0.5, 0.6) is 0 Å². The first kappa shape index (κ1) is 34.9. The number of furan rings is 2. The van der Waals surface area contributed by atoms with Gasteiger partial charge in [-0.1, -0.05) is 164 Å². The Morgan fingerprint density at radius 3 is 1.73 bits per heavy atom. The summed E-state index contributed by atoms with van der Waals surface area (Å²) < 4.78 is 13.4. The second kappa shape index (κ2) is 13.5. The highest BCUT2D eigenvalue weighted by Gasteiger charge is 2.50. The Hall–Kier alpha value is -7.92. The highest BCUT2D eigenvalue weighted by Crippen LogP contribution is 2.43.